The highest BCUT2D eigenvalue weighted by Gasteiger charge is 2.03. The van der Waals surface area contributed by atoms with Crippen molar-refractivity contribution in [1.82, 2.24) is 9.55 Å². The number of benzene rings is 1. The van der Waals surface area contributed by atoms with Crippen LogP contribution in [0.4, 0.5) is 0 Å². The number of aromatic nitrogens is 2. The number of hydrogen-bond acceptors (Lipinski definition) is 4. The van der Waals surface area contributed by atoms with Crippen molar-refractivity contribution in [3.63, 3.8) is 0 Å². The summed E-state index contributed by atoms with van der Waals surface area (Å²) in [4.78, 5) is 25.1. The quantitative estimate of drug-likeness (QED) is 0.696. The maximum Gasteiger partial charge on any atom is 0.328 e. The Labute approximate surface area is 102 Å². The molecule has 0 bridgehead atoms. The van der Waals surface area contributed by atoms with Gasteiger partial charge in [-0.3, -0.25) is 14.3 Å². The second-order valence-corrected chi connectivity index (χ2v) is 3.91. The number of nitrogens with one attached hydrogen (secondary N) is 1. The molecule has 0 aliphatic carbocycles. The molecule has 94 valence electrons. The van der Waals surface area contributed by atoms with Crippen molar-refractivity contribution in [2.24, 2.45) is 5.73 Å². The summed E-state index contributed by atoms with van der Waals surface area (Å²) in [7, 11) is 0. The van der Waals surface area contributed by atoms with Gasteiger partial charge in [0.1, 0.15) is 5.75 Å². The fourth-order valence-electron chi connectivity index (χ4n) is 1.62. The minimum absolute atomic E-state index is 0.0746. The van der Waals surface area contributed by atoms with Gasteiger partial charge in [0, 0.05) is 18.3 Å². The number of phenolic OH excluding ortho intramolecular Hbond substituents is 1. The standard InChI is InChI=1S/C12H13N3O3/c13-5-9-7-15(12(18)14-11(9)17)6-8-1-3-10(16)4-2-8/h1-4,7,16H,5-6,13H2,(H,14,17,18). The van der Waals surface area contributed by atoms with Gasteiger partial charge >= 0.3 is 5.69 Å². The molecular formula is C12H13N3O3. The van der Waals surface area contributed by atoms with Gasteiger partial charge in [0.15, 0.2) is 0 Å². The third-order valence-electron chi connectivity index (χ3n) is 2.59. The van der Waals surface area contributed by atoms with E-state index in [-0.39, 0.29) is 12.3 Å². The summed E-state index contributed by atoms with van der Waals surface area (Å²) in [6, 6.07) is 6.48. The van der Waals surface area contributed by atoms with E-state index in [1.807, 2.05) is 0 Å². The van der Waals surface area contributed by atoms with Gasteiger partial charge in [-0.05, 0) is 17.7 Å². The lowest BCUT2D eigenvalue weighted by molar-refractivity contribution is 0.475. The fourth-order valence-corrected chi connectivity index (χ4v) is 1.62. The van der Waals surface area contributed by atoms with Crippen molar-refractivity contribution >= 4 is 0 Å². The molecule has 1 heterocycles. The van der Waals surface area contributed by atoms with Crippen LogP contribution < -0.4 is 17.0 Å². The molecule has 2 rings (SSSR count). The van der Waals surface area contributed by atoms with E-state index in [0.717, 1.165) is 5.56 Å². The minimum atomic E-state index is -0.481. The average Bonchev–Trinajstić information content (AvgIpc) is 2.35. The Kier molecular flexibility index (Phi) is 3.29. The third kappa shape index (κ3) is 2.49. The second-order valence-electron chi connectivity index (χ2n) is 3.91. The molecule has 0 radical (unpaired) electrons. The van der Waals surface area contributed by atoms with Crippen molar-refractivity contribution < 1.29 is 5.11 Å². The van der Waals surface area contributed by atoms with Gasteiger partial charge in [0.25, 0.3) is 5.56 Å². The Morgan fingerprint density at radius 2 is 1.89 bits per heavy atom. The molecule has 0 aliphatic rings. The molecule has 1 aromatic carbocycles. The number of hydrogen-bond donors (Lipinski definition) is 3. The zero-order valence-electron chi connectivity index (χ0n) is 9.59. The lowest BCUT2D eigenvalue weighted by Crippen LogP contribution is -2.32. The summed E-state index contributed by atoms with van der Waals surface area (Å²) >= 11 is 0. The third-order valence-corrected chi connectivity index (χ3v) is 2.59. The highest BCUT2D eigenvalue weighted by Crippen LogP contribution is 2.10. The van der Waals surface area contributed by atoms with Crippen LogP contribution in [0, 0.1) is 0 Å². The Morgan fingerprint density at radius 1 is 1.22 bits per heavy atom. The fraction of sp³-hybridized carbons (Fsp3) is 0.167. The van der Waals surface area contributed by atoms with E-state index in [2.05, 4.69) is 4.98 Å². The monoisotopic (exact) mass is 247 g/mol. The van der Waals surface area contributed by atoms with Gasteiger partial charge in [0.2, 0.25) is 0 Å². The highest BCUT2D eigenvalue weighted by atomic mass is 16.3. The first-order valence-corrected chi connectivity index (χ1v) is 5.41. The number of aromatic hydroxyl groups is 1. The molecule has 1 aromatic heterocycles. The zero-order valence-corrected chi connectivity index (χ0v) is 9.59. The Balaban J connectivity index is 2.37. The molecule has 0 amide bonds. The first kappa shape index (κ1) is 12.1. The van der Waals surface area contributed by atoms with Gasteiger partial charge in [-0.1, -0.05) is 12.1 Å². The van der Waals surface area contributed by atoms with E-state index in [4.69, 9.17) is 10.8 Å². The van der Waals surface area contributed by atoms with Crippen LogP contribution in [0.5, 0.6) is 5.75 Å². The number of nitrogens with zero attached hydrogens (tertiary/aromatic N) is 1. The molecule has 0 saturated carbocycles. The van der Waals surface area contributed by atoms with E-state index in [0.29, 0.717) is 12.1 Å². The van der Waals surface area contributed by atoms with Crippen molar-refractivity contribution in [3.05, 3.63) is 62.4 Å². The van der Waals surface area contributed by atoms with Crippen LogP contribution in [0.25, 0.3) is 0 Å². The van der Waals surface area contributed by atoms with E-state index >= 15 is 0 Å². The van der Waals surface area contributed by atoms with Gasteiger partial charge < -0.3 is 10.8 Å². The molecular weight excluding hydrogens is 234 g/mol. The molecule has 0 saturated heterocycles. The Hall–Kier alpha value is -2.34. The zero-order chi connectivity index (χ0) is 13.1. The van der Waals surface area contributed by atoms with Crippen LogP contribution >= 0.6 is 0 Å². The molecule has 4 N–H and O–H groups in total. The first-order valence-electron chi connectivity index (χ1n) is 5.41. The molecule has 0 spiro atoms. The number of rotatable bonds is 3. The molecule has 0 unspecified atom stereocenters. The number of nitrogens with two attached hydrogens (primary N) is 1. The van der Waals surface area contributed by atoms with Gasteiger partial charge in [-0.25, -0.2) is 4.79 Å². The van der Waals surface area contributed by atoms with Crippen LogP contribution in [0.3, 0.4) is 0 Å². The number of phenols is 1. The summed E-state index contributed by atoms with van der Waals surface area (Å²) in [5.41, 5.74) is 5.67. The van der Waals surface area contributed by atoms with Crippen LogP contribution in [0.2, 0.25) is 0 Å². The Bertz CT molecular complexity index is 656. The molecule has 0 atom stereocenters. The number of aromatic amines is 1. The first-order chi connectivity index (χ1) is 8.60. The predicted molar refractivity (Wildman–Crippen MR) is 66.4 cm³/mol. The van der Waals surface area contributed by atoms with Gasteiger partial charge in [-0.2, -0.15) is 0 Å². The maximum absolute atomic E-state index is 11.6. The van der Waals surface area contributed by atoms with E-state index in [9.17, 15) is 9.59 Å². The molecule has 0 fully saturated rings. The summed E-state index contributed by atoms with van der Waals surface area (Å²) in [5, 5.41) is 9.16. The molecule has 6 nitrogen and oxygen atoms in total. The summed E-state index contributed by atoms with van der Waals surface area (Å²) in [5.74, 6) is 0.162. The van der Waals surface area contributed by atoms with Crippen molar-refractivity contribution in [1.29, 1.82) is 0 Å². The topological polar surface area (TPSA) is 101 Å². The summed E-state index contributed by atoms with van der Waals surface area (Å²) in [6.07, 6.45) is 1.45. The highest BCUT2D eigenvalue weighted by molar-refractivity contribution is 5.26. The molecule has 2 aromatic rings. The SMILES string of the molecule is NCc1cn(Cc2ccc(O)cc2)c(=O)[nH]c1=O. The van der Waals surface area contributed by atoms with Crippen LogP contribution in [-0.2, 0) is 13.1 Å². The second kappa shape index (κ2) is 4.89. The van der Waals surface area contributed by atoms with Gasteiger partial charge in [0.05, 0.1) is 6.54 Å². The smallest absolute Gasteiger partial charge is 0.328 e. The molecule has 6 heteroatoms. The summed E-state index contributed by atoms with van der Waals surface area (Å²) < 4.78 is 1.37. The number of H-pyrrole nitrogens is 1. The van der Waals surface area contributed by atoms with Gasteiger partial charge in [-0.15, -0.1) is 0 Å². The maximum atomic E-state index is 11.6. The van der Waals surface area contributed by atoms with Crippen LogP contribution in [0.1, 0.15) is 11.1 Å². The minimum Gasteiger partial charge on any atom is -0.508 e. The largest absolute Gasteiger partial charge is 0.508 e. The average molecular weight is 247 g/mol. The van der Waals surface area contributed by atoms with Crippen molar-refractivity contribution in [2.45, 2.75) is 13.1 Å². The lowest BCUT2D eigenvalue weighted by Gasteiger charge is -2.07. The van der Waals surface area contributed by atoms with Crippen LogP contribution in [-0.4, -0.2) is 14.7 Å². The van der Waals surface area contributed by atoms with Crippen molar-refractivity contribution in [2.75, 3.05) is 0 Å². The summed E-state index contributed by atoms with van der Waals surface area (Å²) in [6.45, 7) is 0.383. The predicted octanol–water partition coefficient (Wildman–Crippen LogP) is -0.251. The molecule has 18 heavy (non-hydrogen) atoms. The Morgan fingerprint density at radius 3 is 2.50 bits per heavy atom. The van der Waals surface area contributed by atoms with Crippen LogP contribution in [0.15, 0.2) is 40.1 Å². The van der Waals surface area contributed by atoms with E-state index in [1.54, 1.807) is 12.1 Å². The van der Waals surface area contributed by atoms with E-state index in [1.165, 1.54) is 22.9 Å². The van der Waals surface area contributed by atoms with Crippen molar-refractivity contribution in [3.8, 4) is 5.75 Å². The normalized spacial score (nSPS) is 10.5. The van der Waals surface area contributed by atoms with E-state index < -0.39 is 11.2 Å². The molecule has 0 aliphatic heterocycles. The lowest BCUT2D eigenvalue weighted by atomic mass is 10.2.